The Labute approximate surface area is 124 Å². The number of aryl methyl sites for hydroxylation is 1. The van der Waals surface area contributed by atoms with Crippen LogP contribution >= 0.6 is 27.5 Å². The molecule has 1 aromatic carbocycles. The van der Waals surface area contributed by atoms with Crippen molar-refractivity contribution in [1.82, 2.24) is 4.98 Å². The Bertz CT molecular complexity index is 629. The lowest BCUT2D eigenvalue weighted by Crippen LogP contribution is -2.13. The van der Waals surface area contributed by atoms with Crippen LogP contribution in [-0.2, 0) is 0 Å². The molecule has 1 aromatic heterocycles. The van der Waals surface area contributed by atoms with Gasteiger partial charge < -0.3 is 11.1 Å². The smallest absolute Gasteiger partial charge is 0.257 e. The zero-order valence-corrected chi connectivity index (χ0v) is 12.4. The third kappa shape index (κ3) is 3.24. The normalized spacial score (nSPS) is 10.3. The number of anilines is 2. The summed E-state index contributed by atoms with van der Waals surface area (Å²) in [6, 6.07) is 6.73. The molecule has 0 aliphatic rings. The van der Waals surface area contributed by atoms with Crippen molar-refractivity contribution < 1.29 is 4.79 Å². The fourth-order valence-corrected chi connectivity index (χ4v) is 2.20. The van der Waals surface area contributed by atoms with Crippen molar-refractivity contribution in [3.8, 4) is 0 Å². The number of hydrogen-bond acceptors (Lipinski definition) is 3. The van der Waals surface area contributed by atoms with Crippen LogP contribution in [0.2, 0.25) is 5.02 Å². The highest BCUT2D eigenvalue weighted by atomic mass is 79.9. The number of carbonyl (C=O) groups excluding carboxylic acids is 1. The lowest BCUT2D eigenvalue weighted by atomic mass is 10.2. The summed E-state index contributed by atoms with van der Waals surface area (Å²) in [6.45, 7) is 1.89. The number of nitrogens with one attached hydrogen (secondary N) is 1. The van der Waals surface area contributed by atoms with E-state index in [1.54, 1.807) is 18.2 Å². The van der Waals surface area contributed by atoms with Gasteiger partial charge in [-0.25, -0.2) is 4.98 Å². The van der Waals surface area contributed by atoms with Gasteiger partial charge in [0.1, 0.15) is 5.82 Å². The largest absolute Gasteiger partial charge is 0.384 e. The highest BCUT2D eigenvalue weighted by Crippen LogP contribution is 2.29. The van der Waals surface area contributed by atoms with Gasteiger partial charge in [0.2, 0.25) is 0 Å². The van der Waals surface area contributed by atoms with E-state index in [1.807, 2.05) is 13.0 Å². The first-order chi connectivity index (χ1) is 8.97. The first kappa shape index (κ1) is 13.8. The number of benzene rings is 1. The van der Waals surface area contributed by atoms with E-state index in [9.17, 15) is 4.79 Å². The molecule has 0 saturated carbocycles. The Hall–Kier alpha value is -1.59. The lowest BCUT2D eigenvalue weighted by molar-refractivity contribution is 0.102. The average molecular weight is 341 g/mol. The molecule has 1 heterocycles. The minimum Gasteiger partial charge on any atom is -0.384 e. The molecule has 2 rings (SSSR count). The number of halogens is 2. The summed E-state index contributed by atoms with van der Waals surface area (Å²) in [7, 11) is 0. The van der Waals surface area contributed by atoms with Gasteiger partial charge in [-0.1, -0.05) is 11.6 Å². The fourth-order valence-electron chi connectivity index (χ4n) is 1.48. The molecule has 0 atom stereocenters. The van der Waals surface area contributed by atoms with Crippen molar-refractivity contribution in [2.75, 3.05) is 11.1 Å². The molecule has 0 aliphatic heterocycles. The molecule has 98 valence electrons. The Kier molecular flexibility index (Phi) is 4.07. The Morgan fingerprint density at radius 2 is 2.16 bits per heavy atom. The van der Waals surface area contributed by atoms with E-state index in [0.29, 0.717) is 22.1 Å². The molecule has 2 aromatic rings. The predicted molar refractivity (Wildman–Crippen MR) is 80.5 cm³/mol. The van der Waals surface area contributed by atoms with Crippen molar-refractivity contribution >= 4 is 44.9 Å². The van der Waals surface area contributed by atoms with Gasteiger partial charge in [-0.3, -0.25) is 4.79 Å². The molecular weight excluding hydrogens is 330 g/mol. The molecule has 19 heavy (non-hydrogen) atoms. The zero-order chi connectivity index (χ0) is 14.0. The molecular formula is C13H11BrClN3O. The van der Waals surface area contributed by atoms with Gasteiger partial charge in [-0.15, -0.1) is 0 Å². The quantitative estimate of drug-likeness (QED) is 0.877. The molecule has 0 spiro atoms. The van der Waals surface area contributed by atoms with Crippen LogP contribution in [0.4, 0.5) is 11.5 Å². The molecule has 0 radical (unpaired) electrons. The predicted octanol–water partition coefficient (Wildman–Crippen LogP) is 3.64. The molecule has 0 bridgehead atoms. The zero-order valence-electron chi connectivity index (χ0n) is 10.1. The van der Waals surface area contributed by atoms with Crippen LogP contribution in [0, 0.1) is 6.92 Å². The van der Waals surface area contributed by atoms with E-state index < -0.39 is 0 Å². The van der Waals surface area contributed by atoms with E-state index in [-0.39, 0.29) is 5.91 Å². The van der Waals surface area contributed by atoms with Crippen LogP contribution in [0.1, 0.15) is 15.9 Å². The third-order valence-electron chi connectivity index (χ3n) is 2.55. The summed E-state index contributed by atoms with van der Waals surface area (Å²) >= 11 is 9.42. The van der Waals surface area contributed by atoms with Crippen LogP contribution in [0.25, 0.3) is 0 Å². The van der Waals surface area contributed by atoms with Crippen molar-refractivity contribution in [3.05, 3.63) is 51.1 Å². The minimum atomic E-state index is -0.270. The molecule has 1 amide bonds. The van der Waals surface area contributed by atoms with Gasteiger partial charge in [0.15, 0.2) is 0 Å². The summed E-state index contributed by atoms with van der Waals surface area (Å²) in [4.78, 5) is 15.9. The van der Waals surface area contributed by atoms with Crippen molar-refractivity contribution in [2.24, 2.45) is 0 Å². The standard InChI is InChI=1S/C13H11BrClN3O/c1-7-4-9(14)11(5-10(7)15)18-13(19)8-2-3-12(16)17-6-8/h2-6H,1H3,(H2,16,17)(H,18,19). The van der Waals surface area contributed by atoms with Gasteiger partial charge in [-0.2, -0.15) is 0 Å². The number of amides is 1. The summed E-state index contributed by atoms with van der Waals surface area (Å²) in [6.07, 6.45) is 1.42. The number of aromatic nitrogens is 1. The molecule has 0 fully saturated rings. The Morgan fingerprint density at radius 3 is 2.79 bits per heavy atom. The van der Waals surface area contributed by atoms with E-state index in [1.165, 1.54) is 6.20 Å². The maximum absolute atomic E-state index is 12.0. The lowest BCUT2D eigenvalue weighted by Gasteiger charge is -2.09. The second-order valence-electron chi connectivity index (χ2n) is 4.01. The minimum absolute atomic E-state index is 0.270. The first-order valence-electron chi connectivity index (χ1n) is 5.46. The number of pyridine rings is 1. The van der Waals surface area contributed by atoms with Crippen LogP contribution in [0.15, 0.2) is 34.9 Å². The topological polar surface area (TPSA) is 68.0 Å². The second-order valence-corrected chi connectivity index (χ2v) is 5.27. The van der Waals surface area contributed by atoms with Crippen molar-refractivity contribution in [1.29, 1.82) is 0 Å². The number of carbonyl (C=O) groups is 1. The van der Waals surface area contributed by atoms with Crippen LogP contribution in [0.5, 0.6) is 0 Å². The summed E-state index contributed by atoms with van der Waals surface area (Å²) in [5, 5.41) is 3.35. The van der Waals surface area contributed by atoms with Crippen LogP contribution in [0.3, 0.4) is 0 Å². The van der Waals surface area contributed by atoms with Gasteiger partial charge in [0, 0.05) is 15.7 Å². The Balaban J connectivity index is 2.24. The van der Waals surface area contributed by atoms with Crippen molar-refractivity contribution in [3.63, 3.8) is 0 Å². The van der Waals surface area contributed by atoms with E-state index in [4.69, 9.17) is 17.3 Å². The number of nitrogen functional groups attached to an aromatic ring is 1. The number of nitrogens with zero attached hydrogens (tertiary/aromatic N) is 1. The molecule has 0 aliphatic carbocycles. The first-order valence-corrected chi connectivity index (χ1v) is 6.63. The van der Waals surface area contributed by atoms with Gasteiger partial charge in [-0.05, 0) is 52.7 Å². The maximum Gasteiger partial charge on any atom is 0.257 e. The SMILES string of the molecule is Cc1cc(Br)c(NC(=O)c2ccc(N)nc2)cc1Cl. The number of rotatable bonds is 2. The van der Waals surface area contributed by atoms with E-state index in [2.05, 4.69) is 26.2 Å². The molecule has 4 nitrogen and oxygen atoms in total. The summed E-state index contributed by atoms with van der Waals surface area (Å²) in [5.74, 6) is 0.101. The van der Waals surface area contributed by atoms with Crippen LogP contribution in [-0.4, -0.2) is 10.9 Å². The van der Waals surface area contributed by atoms with Gasteiger partial charge in [0.05, 0.1) is 11.3 Å². The molecule has 6 heteroatoms. The molecule has 3 N–H and O–H groups in total. The maximum atomic E-state index is 12.0. The highest BCUT2D eigenvalue weighted by molar-refractivity contribution is 9.10. The van der Waals surface area contributed by atoms with Crippen molar-refractivity contribution in [2.45, 2.75) is 6.92 Å². The summed E-state index contributed by atoms with van der Waals surface area (Å²) < 4.78 is 0.770. The van der Waals surface area contributed by atoms with Gasteiger partial charge >= 0.3 is 0 Å². The molecule has 0 saturated heterocycles. The van der Waals surface area contributed by atoms with Gasteiger partial charge in [0.25, 0.3) is 5.91 Å². The molecule has 0 unspecified atom stereocenters. The number of nitrogens with two attached hydrogens (primary N) is 1. The van der Waals surface area contributed by atoms with E-state index in [0.717, 1.165) is 10.0 Å². The van der Waals surface area contributed by atoms with Crippen LogP contribution < -0.4 is 11.1 Å². The second kappa shape index (κ2) is 5.59. The third-order valence-corrected chi connectivity index (χ3v) is 3.61. The monoisotopic (exact) mass is 339 g/mol. The highest BCUT2D eigenvalue weighted by Gasteiger charge is 2.10. The number of hydrogen-bond donors (Lipinski definition) is 2. The average Bonchev–Trinajstić information content (AvgIpc) is 2.36. The Morgan fingerprint density at radius 1 is 1.42 bits per heavy atom. The van der Waals surface area contributed by atoms with E-state index >= 15 is 0 Å². The fraction of sp³-hybridized carbons (Fsp3) is 0.0769. The summed E-state index contributed by atoms with van der Waals surface area (Å²) in [5.41, 5.74) is 7.44.